The van der Waals surface area contributed by atoms with Crippen molar-refractivity contribution < 1.29 is 0 Å². The van der Waals surface area contributed by atoms with E-state index in [0.29, 0.717) is 12.6 Å². The zero-order valence-corrected chi connectivity index (χ0v) is 5.64. The van der Waals surface area contributed by atoms with Crippen LogP contribution >= 0.6 is 0 Å². The van der Waals surface area contributed by atoms with Crippen LogP contribution in [0.2, 0.25) is 0 Å². The Morgan fingerprint density at radius 2 is 2.44 bits per heavy atom. The summed E-state index contributed by atoms with van der Waals surface area (Å²) in [6, 6.07) is 0.417. The average molecular weight is 128 g/mol. The van der Waals surface area contributed by atoms with Crippen molar-refractivity contribution >= 4 is 0 Å². The summed E-state index contributed by atoms with van der Waals surface area (Å²) in [5.74, 6) is 0. The van der Waals surface area contributed by atoms with Crippen molar-refractivity contribution in [2.24, 2.45) is 5.73 Å². The molecule has 1 rings (SSSR count). The molecule has 0 aromatic carbocycles. The second-order valence-corrected chi connectivity index (χ2v) is 2.33. The van der Waals surface area contributed by atoms with Gasteiger partial charge in [0, 0.05) is 25.7 Å². The normalized spacial score (nSPS) is 29.7. The smallest absolute Gasteiger partial charge is 0.0381 e. The third-order valence-electron chi connectivity index (χ3n) is 1.60. The van der Waals surface area contributed by atoms with E-state index < -0.39 is 0 Å². The van der Waals surface area contributed by atoms with Gasteiger partial charge in [-0.2, -0.15) is 0 Å². The first-order valence-corrected chi connectivity index (χ1v) is 3.51. The predicted octanol–water partition coefficient (Wildman–Crippen LogP) is -1.09. The van der Waals surface area contributed by atoms with Crippen LogP contribution in [-0.2, 0) is 0 Å². The lowest BCUT2D eigenvalue weighted by molar-refractivity contribution is 0.522. The van der Waals surface area contributed by atoms with E-state index in [-0.39, 0.29) is 0 Å². The van der Waals surface area contributed by atoms with E-state index in [2.05, 4.69) is 10.6 Å². The zero-order chi connectivity index (χ0) is 6.53. The molecule has 1 fully saturated rings. The highest BCUT2D eigenvalue weighted by molar-refractivity contribution is 4.72. The number of hydrogen-bond donors (Lipinski definition) is 2. The first-order chi connectivity index (χ1) is 4.43. The average Bonchev–Trinajstić information content (AvgIpc) is 2.13. The largest absolute Gasteiger partial charge is 0.329 e. The number of rotatable bonds is 1. The summed E-state index contributed by atoms with van der Waals surface area (Å²) in [6.07, 6.45) is 1.11. The molecule has 53 valence electrons. The van der Waals surface area contributed by atoms with Crippen LogP contribution in [0.1, 0.15) is 6.42 Å². The maximum absolute atomic E-state index is 5.45. The minimum atomic E-state index is 0.417. The summed E-state index contributed by atoms with van der Waals surface area (Å²) < 4.78 is 0. The van der Waals surface area contributed by atoms with Crippen molar-refractivity contribution in [1.29, 1.82) is 0 Å². The second kappa shape index (κ2) is 3.82. The van der Waals surface area contributed by atoms with Crippen LogP contribution in [0.3, 0.4) is 0 Å². The van der Waals surface area contributed by atoms with Crippen LogP contribution in [0.25, 0.3) is 0 Å². The molecule has 1 heterocycles. The van der Waals surface area contributed by atoms with Crippen molar-refractivity contribution in [3.05, 3.63) is 0 Å². The van der Waals surface area contributed by atoms with Gasteiger partial charge in [-0.15, -0.1) is 0 Å². The van der Waals surface area contributed by atoms with Crippen molar-refractivity contribution in [2.45, 2.75) is 12.5 Å². The summed E-state index contributed by atoms with van der Waals surface area (Å²) >= 11 is 0. The van der Waals surface area contributed by atoms with Crippen LogP contribution in [0, 0.1) is 0 Å². The lowest BCUT2D eigenvalue weighted by Crippen LogP contribution is -2.30. The van der Waals surface area contributed by atoms with Gasteiger partial charge in [-0.3, -0.25) is 0 Å². The summed E-state index contributed by atoms with van der Waals surface area (Å²) in [7, 11) is 0. The van der Waals surface area contributed by atoms with E-state index in [1.165, 1.54) is 0 Å². The molecule has 0 aliphatic carbocycles. The molecule has 0 amide bonds. The molecule has 0 aromatic heterocycles. The van der Waals surface area contributed by atoms with Crippen molar-refractivity contribution in [3.63, 3.8) is 0 Å². The van der Waals surface area contributed by atoms with Gasteiger partial charge >= 0.3 is 0 Å². The van der Waals surface area contributed by atoms with Gasteiger partial charge in [0.2, 0.25) is 0 Å². The van der Waals surface area contributed by atoms with E-state index in [1.54, 1.807) is 0 Å². The molecule has 3 N–H and O–H groups in total. The Morgan fingerprint density at radius 1 is 1.56 bits per heavy atom. The highest BCUT2D eigenvalue weighted by atomic mass is 15.0. The standard InChI is InChI=1S/C6H14N3/c7-5-6-1-2-8-3-4-9-6/h6,8H,1-5,7H2. The van der Waals surface area contributed by atoms with Gasteiger partial charge in [0.1, 0.15) is 0 Å². The molecule has 1 aliphatic heterocycles. The maximum Gasteiger partial charge on any atom is 0.0381 e. The molecule has 3 heteroatoms. The third kappa shape index (κ3) is 2.30. The summed E-state index contributed by atoms with van der Waals surface area (Å²) in [5, 5.41) is 7.62. The summed E-state index contributed by atoms with van der Waals surface area (Å²) in [6.45, 7) is 3.74. The van der Waals surface area contributed by atoms with Crippen molar-refractivity contribution in [3.8, 4) is 0 Å². The number of nitrogens with two attached hydrogens (primary N) is 1. The molecule has 0 saturated carbocycles. The molecular weight excluding hydrogens is 114 g/mol. The van der Waals surface area contributed by atoms with E-state index in [4.69, 9.17) is 5.73 Å². The lowest BCUT2D eigenvalue weighted by atomic mass is 10.2. The highest BCUT2D eigenvalue weighted by Gasteiger charge is 2.08. The van der Waals surface area contributed by atoms with Gasteiger partial charge in [0.25, 0.3) is 0 Å². The van der Waals surface area contributed by atoms with E-state index in [0.717, 1.165) is 26.1 Å². The Hall–Kier alpha value is -0.120. The number of nitrogens with one attached hydrogen (secondary N) is 1. The van der Waals surface area contributed by atoms with E-state index in [9.17, 15) is 0 Å². The Labute approximate surface area is 56.0 Å². The summed E-state index contributed by atoms with van der Waals surface area (Å²) in [5.41, 5.74) is 5.45. The fraction of sp³-hybridized carbons (Fsp3) is 1.00. The molecule has 1 saturated heterocycles. The molecule has 1 unspecified atom stereocenters. The highest BCUT2D eigenvalue weighted by Crippen LogP contribution is 1.91. The number of nitrogens with zero attached hydrogens (tertiary/aromatic N) is 1. The maximum atomic E-state index is 5.45. The van der Waals surface area contributed by atoms with Crippen molar-refractivity contribution in [1.82, 2.24) is 10.6 Å². The minimum Gasteiger partial charge on any atom is -0.329 e. The van der Waals surface area contributed by atoms with E-state index in [1.807, 2.05) is 0 Å². The van der Waals surface area contributed by atoms with Crippen LogP contribution in [0.5, 0.6) is 0 Å². The Balaban J connectivity index is 2.18. The molecule has 1 atom stereocenters. The first kappa shape index (κ1) is 6.99. The Kier molecular flexibility index (Phi) is 2.97. The molecule has 9 heavy (non-hydrogen) atoms. The minimum absolute atomic E-state index is 0.417. The van der Waals surface area contributed by atoms with Crippen LogP contribution in [0.15, 0.2) is 0 Å². The molecule has 1 aliphatic rings. The van der Waals surface area contributed by atoms with Gasteiger partial charge in [-0.05, 0) is 13.0 Å². The molecule has 0 spiro atoms. The fourth-order valence-electron chi connectivity index (χ4n) is 1.00. The molecule has 0 bridgehead atoms. The second-order valence-electron chi connectivity index (χ2n) is 2.33. The first-order valence-electron chi connectivity index (χ1n) is 3.51. The van der Waals surface area contributed by atoms with E-state index >= 15 is 0 Å². The predicted molar refractivity (Wildman–Crippen MR) is 37.3 cm³/mol. The molecule has 1 radical (unpaired) electrons. The van der Waals surface area contributed by atoms with Crippen LogP contribution in [0.4, 0.5) is 0 Å². The quantitative estimate of drug-likeness (QED) is 0.471. The number of hydrogen-bond acceptors (Lipinski definition) is 2. The van der Waals surface area contributed by atoms with Crippen LogP contribution in [-0.4, -0.2) is 32.2 Å². The van der Waals surface area contributed by atoms with Crippen molar-refractivity contribution in [2.75, 3.05) is 26.2 Å². The topological polar surface area (TPSA) is 52.1 Å². The molecule has 0 aromatic rings. The monoisotopic (exact) mass is 128 g/mol. The zero-order valence-electron chi connectivity index (χ0n) is 5.64. The third-order valence-corrected chi connectivity index (χ3v) is 1.60. The van der Waals surface area contributed by atoms with Gasteiger partial charge in [0.15, 0.2) is 0 Å². The van der Waals surface area contributed by atoms with Crippen LogP contribution < -0.4 is 16.4 Å². The van der Waals surface area contributed by atoms with Gasteiger partial charge in [-0.1, -0.05) is 0 Å². The fourth-order valence-corrected chi connectivity index (χ4v) is 1.00. The van der Waals surface area contributed by atoms with Gasteiger partial charge in [-0.25, -0.2) is 5.32 Å². The molecule has 3 nitrogen and oxygen atoms in total. The SMILES string of the molecule is NCC1CCNCC[N]1. The molecular formula is C6H14N3. The lowest BCUT2D eigenvalue weighted by Gasteiger charge is -2.08. The summed E-state index contributed by atoms with van der Waals surface area (Å²) in [4.78, 5) is 0. The van der Waals surface area contributed by atoms with Gasteiger partial charge < -0.3 is 11.1 Å². The Morgan fingerprint density at radius 3 is 3.22 bits per heavy atom. The Bertz CT molecular complexity index is 66.7. The van der Waals surface area contributed by atoms with Gasteiger partial charge in [0.05, 0.1) is 0 Å².